The molecule has 2 N–H and O–H groups in total. The van der Waals surface area contributed by atoms with E-state index in [9.17, 15) is 9.59 Å². The average Bonchev–Trinajstić information content (AvgIpc) is 3.26. The molecule has 0 aliphatic carbocycles. The second kappa shape index (κ2) is 9.89. The van der Waals surface area contributed by atoms with E-state index >= 15 is 0 Å². The Balaban J connectivity index is 1.60. The fourth-order valence-electron chi connectivity index (χ4n) is 3.12. The average molecular weight is 405 g/mol. The van der Waals surface area contributed by atoms with E-state index in [0.717, 1.165) is 5.56 Å². The number of aryl methyl sites for hydroxylation is 1. The highest BCUT2D eigenvalue weighted by atomic mass is 16.3. The summed E-state index contributed by atoms with van der Waals surface area (Å²) in [6.07, 6.45) is 1.56. The van der Waals surface area contributed by atoms with Crippen molar-refractivity contribution in [1.82, 2.24) is 10.2 Å². The van der Waals surface area contributed by atoms with Gasteiger partial charge in [-0.15, -0.1) is 0 Å². The van der Waals surface area contributed by atoms with Gasteiger partial charge in [0.2, 0.25) is 5.91 Å². The van der Waals surface area contributed by atoms with E-state index in [-0.39, 0.29) is 30.9 Å². The van der Waals surface area contributed by atoms with Crippen LogP contribution in [0.4, 0.5) is 5.69 Å². The van der Waals surface area contributed by atoms with Crippen molar-refractivity contribution in [2.24, 2.45) is 0 Å². The van der Waals surface area contributed by atoms with E-state index in [2.05, 4.69) is 41.8 Å². The molecule has 156 valence electrons. The Labute approximate surface area is 176 Å². The number of benzene rings is 2. The van der Waals surface area contributed by atoms with Gasteiger partial charge in [0.1, 0.15) is 5.76 Å². The largest absolute Gasteiger partial charge is 0.467 e. The molecule has 0 aliphatic rings. The number of para-hydroxylation sites is 1. The molecule has 3 rings (SSSR count). The fraction of sp³-hybridized carbons (Fsp3) is 0.250. The number of carbonyl (C=O) groups excluding carboxylic acids is 2. The normalized spacial score (nSPS) is 11.9. The van der Waals surface area contributed by atoms with Crippen molar-refractivity contribution < 1.29 is 14.0 Å². The standard InChI is InChI=1S/C24H27N3O3/c1-17-10-12-19(13-11-17)18(2)27(3)16-23(28)26-22-9-5-4-8-21(22)24(29)25-15-20-7-6-14-30-20/h4-14,18H,15-16H2,1-3H3,(H,25,29)(H,26,28). The molecule has 3 aromatic rings. The summed E-state index contributed by atoms with van der Waals surface area (Å²) in [6.45, 7) is 4.60. The summed E-state index contributed by atoms with van der Waals surface area (Å²) in [5.41, 5.74) is 3.24. The number of nitrogens with one attached hydrogen (secondary N) is 2. The predicted molar refractivity (Wildman–Crippen MR) is 117 cm³/mol. The second-order valence-corrected chi connectivity index (χ2v) is 7.36. The molecule has 1 heterocycles. The quantitative estimate of drug-likeness (QED) is 0.590. The minimum atomic E-state index is -0.274. The molecule has 0 fully saturated rings. The minimum Gasteiger partial charge on any atom is -0.467 e. The topological polar surface area (TPSA) is 74.6 Å². The fourth-order valence-corrected chi connectivity index (χ4v) is 3.12. The number of likely N-dealkylation sites (N-methyl/N-ethyl adjacent to an activating group) is 1. The van der Waals surface area contributed by atoms with E-state index in [0.29, 0.717) is 17.0 Å². The van der Waals surface area contributed by atoms with E-state index < -0.39 is 0 Å². The van der Waals surface area contributed by atoms with Crippen molar-refractivity contribution in [3.8, 4) is 0 Å². The van der Waals surface area contributed by atoms with Crippen molar-refractivity contribution in [3.63, 3.8) is 0 Å². The maximum absolute atomic E-state index is 12.6. The van der Waals surface area contributed by atoms with Crippen LogP contribution in [0.3, 0.4) is 0 Å². The summed E-state index contributed by atoms with van der Waals surface area (Å²) in [7, 11) is 1.91. The van der Waals surface area contributed by atoms with Crippen molar-refractivity contribution in [2.75, 3.05) is 18.9 Å². The molecule has 2 aromatic carbocycles. The number of hydrogen-bond donors (Lipinski definition) is 2. The summed E-state index contributed by atoms with van der Waals surface area (Å²) in [4.78, 5) is 27.2. The van der Waals surface area contributed by atoms with Gasteiger partial charge >= 0.3 is 0 Å². The zero-order chi connectivity index (χ0) is 21.5. The van der Waals surface area contributed by atoms with E-state index in [1.165, 1.54) is 5.56 Å². The maximum atomic E-state index is 12.6. The smallest absolute Gasteiger partial charge is 0.253 e. The Morgan fingerprint density at radius 3 is 2.47 bits per heavy atom. The highest BCUT2D eigenvalue weighted by Gasteiger charge is 2.17. The van der Waals surface area contributed by atoms with Crippen molar-refractivity contribution >= 4 is 17.5 Å². The third kappa shape index (κ3) is 5.58. The third-order valence-corrected chi connectivity index (χ3v) is 5.06. The lowest BCUT2D eigenvalue weighted by molar-refractivity contribution is -0.117. The lowest BCUT2D eigenvalue weighted by atomic mass is 10.1. The van der Waals surface area contributed by atoms with Crippen LogP contribution in [0.5, 0.6) is 0 Å². The van der Waals surface area contributed by atoms with Crippen LogP contribution >= 0.6 is 0 Å². The summed E-state index contributed by atoms with van der Waals surface area (Å²) in [5, 5.41) is 5.67. The van der Waals surface area contributed by atoms with Crippen LogP contribution in [0, 0.1) is 6.92 Å². The monoisotopic (exact) mass is 405 g/mol. The van der Waals surface area contributed by atoms with Crippen LogP contribution in [0.2, 0.25) is 0 Å². The Morgan fingerprint density at radius 2 is 1.77 bits per heavy atom. The first-order chi connectivity index (χ1) is 14.4. The Bertz CT molecular complexity index is 981. The molecule has 2 amide bonds. The van der Waals surface area contributed by atoms with Crippen LogP contribution in [0.15, 0.2) is 71.3 Å². The number of nitrogens with zero attached hydrogens (tertiary/aromatic N) is 1. The van der Waals surface area contributed by atoms with Crippen LogP contribution in [-0.4, -0.2) is 30.3 Å². The van der Waals surface area contributed by atoms with Gasteiger partial charge in [0.05, 0.1) is 30.6 Å². The van der Waals surface area contributed by atoms with Crippen LogP contribution < -0.4 is 10.6 Å². The third-order valence-electron chi connectivity index (χ3n) is 5.06. The molecule has 0 aliphatic heterocycles. The molecule has 1 aromatic heterocycles. The summed E-state index contributed by atoms with van der Waals surface area (Å²) in [6, 6.07) is 18.9. The summed E-state index contributed by atoms with van der Waals surface area (Å²) >= 11 is 0. The number of rotatable bonds is 8. The molecule has 1 atom stereocenters. The number of anilines is 1. The van der Waals surface area contributed by atoms with Gasteiger partial charge in [0.15, 0.2) is 0 Å². The molecule has 0 saturated carbocycles. The van der Waals surface area contributed by atoms with Gasteiger partial charge in [-0.25, -0.2) is 0 Å². The van der Waals surface area contributed by atoms with Gasteiger partial charge < -0.3 is 15.1 Å². The second-order valence-electron chi connectivity index (χ2n) is 7.36. The highest BCUT2D eigenvalue weighted by Crippen LogP contribution is 2.20. The van der Waals surface area contributed by atoms with Gasteiger partial charge in [-0.1, -0.05) is 42.0 Å². The molecular formula is C24H27N3O3. The molecule has 6 heteroatoms. The van der Waals surface area contributed by atoms with Crippen molar-refractivity contribution in [2.45, 2.75) is 26.4 Å². The van der Waals surface area contributed by atoms with E-state index in [1.807, 2.05) is 18.9 Å². The van der Waals surface area contributed by atoms with Crippen molar-refractivity contribution in [3.05, 3.63) is 89.4 Å². The Morgan fingerprint density at radius 1 is 1.03 bits per heavy atom. The van der Waals surface area contributed by atoms with Gasteiger partial charge in [-0.3, -0.25) is 14.5 Å². The summed E-state index contributed by atoms with van der Waals surface area (Å²) < 4.78 is 5.23. The van der Waals surface area contributed by atoms with Crippen LogP contribution in [-0.2, 0) is 11.3 Å². The van der Waals surface area contributed by atoms with E-state index in [1.54, 1.807) is 42.7 Å². The van der Waals surface area contributed by atoms with Gasteiger partial charge in [-0.05, 0) is 50.7 Å². The first-order valence-electron chi connectivity index (χ1n) is 9.90. The molecule has 6 nitrogen and oxygen atoms in total. The number of carbonyl (C=O) groups is 2. The molecule has 0 radical (unpaired) electrons. The van der Waals surface area contributed by atoms with Gasteiger partial charge in [0, 0.05) is 6.04 Å². The van der Waals surface area contributed by atoms with Crippen molar-refractivity contribution in [1.29, 1.82) is 0 Å². The molecule has 30 heavy (non-hydrogen) atoms. The Hall–Kier alpha value is -3.38. The first kappa shape index (κ1) is 21.3. The SMILES string of the molecule is Cc1ccc(C(C)N(C)CC(=O)Nc2ccccc2C(=O)NCc2ccco2)cc1. The van der Waals surface area contributed by atoms with E-state index in [4.69, 9.17) is 4.42 Å². The number of hydrogen-bond acceptors (Lipinski definition) is 4. The maximum Gasteiger partial charge on any atom is 0.253 e. The summed E-state index contributed by atoms with van der Waals surface area (Å²) in [5.74, 6) is 0.211. The highest BCUT2D eigenvalue weighted by molar-refractivity contribution is 6.04. The van der Waals surface area contributed by atoms with Gasteiger partial charge in [0.25, 0.3) is 5.91 Å². The molecule has 0 saturated heterocycles. The molecule has 1 unspecified atom stereocenters. The first-order valence-corrected chi connectivity index (χ1v) is 9.90. The minimum absolute atomic E-state index is 0.0863. The van der Waals surface area contributed by atoms with Crippen LogP contribution in [0.25, 0.3) is 0 Å². The lowest BCUT2D eigenvalue weighted by Gasteiger charge is -2.24. The number of furan rings is 1. The predicted octanol–water partition coefficient (Wildman–Crippen LogP) is 4.15. The Kier molecular flexibility index (Phi) is 7.03. The zero-order valence-electron chi connectivity index (χ0n) is 17.5. The molecular weight excluding hydrogens is 378 g/mol. The lowest BCUT2D eigenvalue weighted by Crippen LogP contribution is -2.33. The molecule has 0 spiro atoms. The molecule has 0 bridgehead atoms. The zero-order valence-corrected chi connectivity index (χ0v) is 17.5. The number of amides is 2. The van der Waals surface area contributed by atoms with Gasteiger partial charge in [-0.2, -0.15) is 0 Å². The van der Waals surface area contributed by atoms with Crippen LogP contribution in [0.1, 0.15) is 40.2 Å².